The largest absolute Gasteiger partial charge is 0.479 e. The molecule has 0 amide bonds. The molecule has 1 aromatic rings. The first-order valence-electron chi connectivity index (χ1n) is 4.47. The minimum absolute atomic E-state index is 0.151. The second-order valence-corrected chi connectivity index (χ2v) is 4.19. The molecule has 0 heterocycles. The quantitative estimate of drug-likeness (QED) is 0.931. The molecule has 7 heteroatoms. The second-order valence-electron chi connectivity index (χ2n) is 3.27. The van der Waals surface area contributed by atoms with Crippen LogP contribution in [0, 0.1) is 0 Å². The Morgan fingerprint density at radius 3 is 2.47 bits per heavy atom. The van der Waals surface area contributed by atoms with Gasteiger partial charge in [0.05, 0.1) is 5.56 Å². The third kappa shape index (κ3) is 3.92. The minimum atomic E-state index is -4.51. The standard InChI is InChI=1S/C10H8BrF3O3/c1-5(9(15)16)17-8-3-6(10(12,13)14)2-7(11)4-8/h2-5H,1H3,(H,15,16). The highest BCUT2D eigenvalue weighted by molar-refractivity contribution is 9.10. The predicted octanol–water partition coefficient (Wildman–Crippen LogP) is 3.32. The number of carboxylic acid groups (broad SMARTS) is 1. The Morgan fingerprint density at radius 1 is 1.41 bits per heavy atom. The molecule has 3 nitrogen and oxygen atoms in total. The van der Waals surface area contributed by atoms with Crippen LogP contribution in [-0.4, -0.2) is 17.2 Å². The van der Waals surface area contributed by atoms with Crippen molar-refractivity contribution in [2.75, 3.05) is 0 Å². The number of rotatable bonds is 3. The number of aliphatic carboxylic acids is 1. The van der Waals surface area contributed by atoms with Crippen LogP contribution in [0.15, 0.2) is 22.7 Å². The molecule has 0 aromatic heterocycles. The van der Waals surface area contributed by atoms with Crippen LogP contribution in [0.25, 0.3) is 0 Å². The van der Waals surface area contributed by atoms with Crippen molar-refractivity contribution in [1.29, 1.82) is 0 Å². The molecule has 17 heavy (non-hydrogen) atoms. The molecular formula is C10H8BrF3O3. The molecule has 0 fully saturated rings. The number of halogens is 4. The van der Waals surface area contributed by atoms with Gasteiger partial charge in [-0.15, -0.1) is 0 Å². The van der Waals surface area contributed by atoms with E-state index in [0.717, 1.165) is 12.1 Å². The Kier molecular flexibility index (Phi) is 4.03. The van der Waals surface area contributed by atoms with Crippen LogP contribution in [0.1, 0.15) is 12.5 Å². The summed E-state index contributed by atoms with van der Waals surface area (Å²) in [6.45, 7) is 1.23. The third-order valence-corrected chi connectivity index (χ3v) is 2.32. The van der Waals surface area contributed by atoms with E-state index in [-0.39, 0.29) is 10.2 Å². The first kappa shape index (κ1) is 13.8. The van der Waals surface area contributed by atoms with Gasteiger partial charge in [-0.25, -0.2) is 4.79 Å². The van der Waals surface area contributed by atoms with Crippen molar-refractivity contribution >= 4 is 21.9 Å². The van der Waals surface area contributed by atoms with Gasteiger partial charge >= 0.3 is 12.1 Å². The lowest BCUT2D eigenvalue weighted by Crippen LogP contribution is -2.23. The Balaban J connectivity index is 3.02. The molecule has 0 radical (unpaired) electrons. The maximum absolute atomic E-state index is 12.5. The average Bonchev–Trinajstić information content (AvgIpc) is 2.15. The summed E-state index contributed by atoms with van der Waals surface area (Å²) in [4.78, 5) is 10.5. The lowest BCUT2D eigenvalue weighted by atomic mass is 10.2. The molecule has 0 aliphatic carbocycles. The van der Waals surface area contributed by atoms with Crippen LogP contribution in [-0.2, 0) is 11.0 Å². The summed E-state index contributed by atoms with van der Waals surface area (Å²) in [6.07, 6.45) is -5.72. The van der Waals surface area contributed by atoms with Crippen molar-refractivity contribution in [3.05, 3.63) is 28.2 Å². The second kappa shape index (κ2) is 4.95. The summed E-state index contributed by atoms with van der Waals surface area (Å²) in [5, 5.41) is 8.58. The number of hydrogen-bond acceptors (Lipinski definition) is 2. The summed E-state index contributed by atoms with van der Waals surface area (Å²) in [5.41, 5.74) is -0.903. The zero-order chi connectivity index (χ0) is 13.2. The summed E-state index contributed by atoms with van der Waals surface area (Å²) in [6, 6.07) is 2.91. The SMILES string of the molecule is CC(Oc1cc(Br)cc(C(F)(F)F)c1)C(=O)O. The van der Waals surface area contributed by atoms with E-state index in [9.17, 15) is 18.0 Å². The Hall–Kier alpha value is -1.24. The van der Waals surface area contributed by atoms with Crippen molar-refractivity contribution < 1.29 is 27.8 Å². The lowest BCUT2D eigenvalue weighted by molar-refractivity contribution is -0.144. The molecule has 0 aliphatic heterocycles. The van der Waals surface area contributed by atoms with E-state index in [4.69, 9.17) is 9.84 Å². The van der Waals surface area contributed by atoms with Gasteiger partial charge in [0, 0.05) is 4.47 Å². The smallest absolute Gasteiger partial charge is 0.416 e. The molecule has 1 aromatic carbocycles. The normalized spacial score (nSPS) is 13.2. The third-order valence-electron chi connectivity index (χ3n) is 1.86. The Morgan fingerprint density at radius 2 is 2.00 bits per heavy atom. The van der Waals surface area contributed by atoms with Gasteiger partial charge in [0.25, 0.3) is 0 Å². The minimum Gasteiger partial charge on any atom is -0.479 e. The predicted molar refractivity (Wildman–Crippen MR) is 56.9 cm³/mol. The fourth-order valence-corrected chi connectivity index (χ4v) is 1.52. The molecule has 1 unspecified atom stereocenters. The summed E-state index contributed by atoms with van der Waals surface area (Å²) >= 11 is 2.90. The monoisotopic (exact) mass is 312 g/mol. The van der Waals surface area contributed by atoms with Gasteiger partial charge in [-0.05, 0) is 25.1 Å². The lowest BCUT2D eigenvalue weighted by Gasteiger charge is -2.13. The van der Waals surface area contributed by atoms with Crippen molar-refractivity contribution in [2.24, 2.45) is 0 Å². The topological polar surface area (TPSA) is 46.5 Å². The van der Waals surface area contributed by atoms with E-state index in [2.05, 4.69) is 15.9 Å². The summed E-state index contributed by atoms with van der Waals surface area (Å²) in [7, 11) is 0. The number of benzene rings is 1. The molecule has 0 saturated carbocycles. The highest BCUT2D eigenvalue weighted by Crippen LogP contribution is 2.34. The maximum atomic E-state index is 12.5. The average molecular weight is 313 g/mol. The van der Waals surface area contributed by atoms with Crippen molar-refractivity contribution in [1.82, 2.24) is 0 Å². The van der Waals surface area contributed by atoms with Gasteiger partial charge in [-0.3, -0.25) is 0 Å². The highest BCUT2D eigenvalue weighted by atomic mass is 79.9. The van der Waals surface area contributed by atoms with E-state index in [1.165, 1.54) is 13.0 Å². The van der Waals surface area contributed by atoms with Gasteiger partial charge in [0.15, 0.2) is 6.10 Å². The van der Waals surface area contributed by atoms with Gasteiger partial charge < -0.3 is 9.84 Å². The number of hydrogen-bond donors (Lipinski definition) is 1. The molecule has 0 saturated heterocycles. The number of ether oxygens (including phenoxy) is 1. The van der Waals surface area contributed by atoms with Gasteiger partial charge in [0.1, 0.15) is 5.75 Å². The zero-order valence-corrected chi connectivity index (χ0v) is 10.2. The zero-order valence-electron chi connectivity index (χ0n) is 8.58. The van der Waals surface area contributed by atoms with Crippen LogP contribution < -0.4 is 4.74 Å². The number of carbonyl (C=O) groups is 1. The molecule has 1 rings (SSSR count). The molecule has 0 aliphatic rings. The number of alkyl halides is 3. The molecule has 94 valence electrons. The van der Waals surface area contributed by atoms with E-state index in [1.54, 1.807) is 0 Å². The molecule has 1 N–H and O–H groups in total. The summed E-state index contributed by atoms with van der Waals surface area (Å²) < 4.78 is 42.4. The highest BCUT2D eigenvalue weighted by Gasteiger charge is 2.31. The first-order valence-corrected chi connectivity index (χ1v) is 5.26. The van der Waals surface area contributed by atoms with Gasteiger partial charge in [-0.2, -0.15) is 13.2 Å². The Bertz CT molecular complexity index is 431. The van der Waals surface area contributed by atoms with E-state index >= 15 is 0 Å². The van der Waals surface area contributed by atoms with Crippen LogP contribution >= 0.6 is 15.9 Å². The van der Waals surface area contributed by atoms with Crippen molar-refractivity contribution in [3.63, 3.8) is 0 Å². The van der Waals surface area contributed by atoms with Crippen molar-refractivity contribution in [3.8, 4) is 5.75 Å². The molecular weight excluding hydrogens is 305 g/mol. The fourth-order valence-electron chi connectivity index (χ4n) is 1.05. The van der Waals surface area contributed by atoms with Crippen molar-refractivity contribution in [2.45, 2.75) is 19.2 Å². The van der Waals surface area contributed by atoms with Crippen LogP contribution in [0.5, 0.6) is 5.75 Å². The maximum Gasteiger partial charge on any atom is 0.416 e. The van der Waals surface area contributed by atoms with Gasteiger partial charge in [-0.1, -0.05) is 15.9 Å². The van der Waals surface area contributed by atoms with Crippen LogP contribution in [0.2, 0.25) is 0 Å². The van der Waals surface area contributed by atoms with Crippen LogP contribution in [0.4, 0.5) is 13.2 Å². The fraction of sp³-hybridized carbons (Fsp3) is 0.300. The van der Waals surface area contributed by atoms with E-state index in [0.29, 0.717) is 0 Å². The molecule has 1 atom stereocenters. The van der Waals surface area contributed by atoms with E-state index < -0.39 is 23.8 Å². The van der Waals surface area contributed by atoms with E-state index in [1.807, 2.05) is 0 Å². The number of carboxylic acids is 1. The molecule has 0 spiro atoms. The Labute approximate surface area is 103 Å². The van der Waals surface area contributed by atoms with Crippen LogP contribution in [0.3, 0.4) is 0 Å². The summed E-state index contributed by atoms with van der Waals surface area (Å²) in [5.74, 6) is -1.40. The van der Waals surface area contributed by atoms with Gasteiger partial charge in [0.2, 0.25) is 0 Å². The molecule has 0 bridgehead atoms. The first-order chi connectivity index (χ1) is 7.70.